The third-order valence-corrected chi connectivity index (χ3v) is 4.11. The number of rotatable bonds is 3. The summed E-state index contributed by atoms with van der Waals surface area (Å²) in [6.45, 7) is 2.37. The lowest BCUT2D eigenvalue weighted by atomic mass is 9.96. The van der Waals surface area contributed by atoms with E-state index in [-0.39, 0.29) is 5.91 Å². The van der Waals surface area contributed by atoms with Crippen molar-refractivity contribution in [3.8, 4) is 6.07 Å². The number of piperidine rings is 1. The number of nitrogens with zero attached hydrogens (tertiary/aromatic N) is 4. The van der Waals surface area contributed by atoms with Gasteiger partial charge in [-0.2, -0.15) is 5.26 Å². The number of likely N-dealkylation sites (tertiary alicyclic amines) is 1. The normalized spacial score (nSPS) is 18.0. The van der Waals surface area contributed by atoms with E-state index in [4.69, 9.17) is 5.26 Å². The first kappa shape index (κ1) is 14.3. The van der Waals surface area contributed by atoms with Crippen LogP contribution in [0.25, 0.3) is 0 Å². The first-order valence-electron chi connectivity index (χ1n) is 7.52. The van der Waals surface area contributed by atoms with Crippen LogP contribution in [0.4, 0.5) is 0 Å². The van der Waals surface area contributed by atoms with Crippen molar-refractivity contribution in [2.45, 2.75) is 19.4 Å². The van der Waals surface area contributed by atoms with Crippen LogP contribution >= 0.6 is 0 Å². The van der Waals surface area contributed by atoms with E-state index in [9.17, 15) is 4.79 Å². The number of hydrogen-bond acceptors (Lipinski definition) is 3. The van der Waals surface area contributed by atoms with E-state index >= 15 is 0 Å². The van der Waals surface area contributed by atoms with Crippen molar-refractivity contribution in [2.24, 2.45) is 5.92 Å². The number of carbonyl (C=O) groups excluding carboxylic acids is 1. The van der Waals surface area contributed by atoms with Gasteiger partial charge in [0, 0.05) is 32.0 Å². The minimum absolute atomic E-state index is 0.0347. The molecule has 0 bridgehead atoms. The van der Waals surface area contributed by atoms with Gasteiger partial charge in [-0.05, 0) is 30.9 Å². The summed E-state index contributed by atoms with van der Waals surface area (Å²) < 4.78 is 2.06. The fourth-order valence-electron chi connectivity index (χ4n) is 3.03. The Morgan fingerprint density at radius 1 is 1.41 bits per heavy atom. The summed E-state index contributed by atoms with van der Waals surface area (Å²) in [5.41, 5.74) is 0.956. The van der Waals surface area contributed by atoms with Crippen molar-refractivity contribution < 1.29 is 4.79 Å². The second kappa shape index (κ2) is 6.44. The van der Waals surface area contributed by atoms with Gasteiger partial charge in [-0.3, -0.25) is 4.79 Å². The van der Waals surface area contributed by atoms with Crippen LogP contribution < -0.4 is 0 Å². The topological polar surface area (TPSA) is 61.9 Å². The predicted octanol–water partition coefficient (Wildman–Crippen LogP) is 2.31. The smallest absolute Gasteiger partial charge is 0.255 e. The fraction of sp³-hybridized carbons (Fsp3) is 0.353. The molecule has 0 saturated carbocycles. The Morgan fingerprint density at radius 2 is 2.27 bits per heavy atom. The van der Waals surface area contributed by atoms with Gasteiger partial charge in [-0.15, -0.1) is 0 Å². The van der Waals surface area contributed by atoms with Gasteiger partial charge in [0.2, 0.25) is 0 Å². The lowest BCUT2D eigenvalue weighted by Gasteiger charge is -2.33. The molecule has 22 heavy (non-hydrogen) atoms. The van der Waals surface area contributed by atoms with Gasteiger partial charge >= 0.3 is 0 Å². The highest BCUT2D eigenvalue weighted by Crippen LogP contribution is 2.21. The number of aromatic nitrogens is 2. The van der Waals surface area contributed by atoms with Gasteiger partial charge in [0.1, 0.15) is 0 Å². The molecule has 0 aliphatic carbocycles. The van der Waals surface area contributed by atoms with E-state index in [0.717, 1.165) is 32.5 Å². The monoisotopic (exact) mass is 294 g/mol. The van der Waals surface area contributed by atoms with Gasteiger partial charge in [0.25, 0.3) is 5.91 Å². The molecule has 5 heteroatoms. The summed E-state index contributed by atoms with van der Waals surface area (Å²) in [4.78, 5) is 18.6. The average molecular weight is 294 g/mol. The molecule has 0 unspecified atom stereocenters. The number of hydrogen-bond donors (Lipinski definition) is 0. The van der Waals surface area contributed by atoms with E-state index in [2.05, 4.69) is 15.6 Å². The zero-order valence-electron chi connectivity index (χ0n) is 12.4. The van der Waals surface area contributed by atoms with Crippen LogP contribution in [-0.4, -0.2) is 33.4 Å². The number of benzene rings is 1. The molecular formula is C17H18N4O. The molecule has 1 atom stereocenters. The molecule has 1 aliphatic rings. The van der Waals surface area contributed by atoms with Crippen LogP contribution in [0.15, 0.2) is 43.0 Å². The summed E-state index contributed by atoms with van der Waals surface area (Å²) in [5, 5.41) is 9.16. The maximum absolute atomic E-state index is 12.7. The molecule has 5 nitrogen and oxygen atoms in total. The molecule has 1 aromatic heterocycles. The molecule has 1 fully saturated rings. The van der Waals surface area contributed by atoms with Crippen LogP contribution in [0.3, 0.4) is 0 Å². The first-order valence-corrected chi connectivity index (χ1v) is 7.52. The molecule has 2 heterocycles. The van der Waals surface area contributed by atoms with E-state index < -0.39 is 0 Å². The second-order valence-corrected chi connectivity index (χ2v) is 5.68. The molecule has 0 N–H and O–H groups in total. The van der Waals surface area contributed by atoms with Crippen LogP contribution in [0, 0.1) is 17.2 Å². The molecule has 2 aromatic rings. The molecule has 1 aromatic carbocycles. The zero-order valence-corrected chi connectivity index (χ0v) is 12.4. The largest absolute Gasteiger partial charge is 0.338 e. The summed E-state index contributed by atoms with van der Waals surface area (Å²) in [5.74, 6) is 0.397. The Bertz CT molecular complexity index is 687. The van der Waals surface area contributed by atoms with Crippen molar-refractivity contribution in [1.29, 1.82) is 5.26 Å². The Labute approximate surface area is 129 Å². The average Bonchev–Trinajstić information content (AvgIpc) is 3.07. The molecule has 1 amide bonds. The minimum Gasteiger partial charge on any atom is -0.338 e. The number of nitriles is 1. The lowest BCUT2D eigenvalue weighted by Crippen LogP contribution is -2.41. The Hall–Kier alpha value is -2.61. The van der Waals surface area contributed by atoms with Crippen LogP contribution in [-0.2, 0) is 6.54 Å². The Morgan fingerprint density at radius 3 is 3.05 bits per heavy atom. The van der Waals surface area contributed by atoms with Crippen molar-refractivity contribution >= 4 is 5.91 Å². The molecule has 1 saturated heterocycles. The Kier molecular flexibility index (Phi) is 4.19. The molecule has 112 valence electrons. The predicted molar refractivity (Wildman–Crippen MR) is 82.0 cm³/mol. The highest BCUT2D eigenvalue weighted by Gasteiger charge is 2.25. The van der Waals surface area contributed by atoms with Gasteiger partial charge in [-0.1, -0.05) is 12.1 Å². The van der Waals surface area contributed by atoms with Crippen molar-refractivity contribution in [1.82, 2.24) is 14.5 Å². The molecular weight excluding hydrogens is 276 g/mol. The van der Waals surface area contributed by atoms with E-state index in [1.807, 2.05) is 17.4 Å². The maximum atomic E-state index is 12.7. The first-order chi connectivity index (χ1) is 10.8. The summed E-state index contributed by atoms with van der Waals surface area (Å²) >= 11 is 0. The SMILES string of the molecule is N#Cc1ccccc1C(=O)N1CCC[C@H](Cn2ccnc2)C1. The van der Waals surface area contributed by atoms with Crippen LogP contribution in [0.5, 0.6) is 0 Å². The van der Waals surface area contributed by atoms with E-state index in [1.54, 1.807) is 30.5 Å². The molecule has 3 rings (SSSR count). The third kappa shape index (κ3) is 3.01. The van der Waals surface area contributed by atoms with E-state index in [1.165, 1.54) is 0 Å². The van der Waals surface area contributed by atoms with Gasteiger partial charge in [0.15, 0.2) is 0 Å². The third-order valence-electron chi connectivity index (χ3n) is 4.11. The maximum Gasteiger partial charge on any atom is 0.255 e. The summed E-state index contributed by atoms with van der Waals surface area (Å²) in [6.07, 6.45) is 7.65. The summed E-state index contributed by atoms with van der Waals surface area (Å²) in [7, 11) is 0. The standard InChI is InChI=1S/C17H18N4O/c18-10-15-5-1-2-6-16(15)17(22)21-8-3-4-14(12-21)11-20-9-7-19-13-20/h1-2,5-7,9,13-14H,3-4,8,11-12H2/t14-/m1/s1. The van der Waals surface area contributed by atoms with Gasteiger partial charge in [0.05, 0.1) is 23.5 Å². The highest BCUT2D eigenvalue weighted by molar-refractivity contribution is 5.96. The Balaban J connectivity index is 1.71. The molecule has 0 radical (unpaired) electrons. The van der Waals surface area contributed by atoms with Crippen molar-refractivity contribution in [3.63, 3.8) is 0 Å². The number of imidazole rings is 1. The fourth-order valence-corrected chi connectivity index (χ4v) is 3.03. The lowest BCUT2D eigenvalue weighted by molar-refractivity contribution is 0.0662. The molecule has 0 spiro atoms. The van der Waals surface area contributed by atoms with Crippen molar-refractivity contribution in [2.75, 3.05) is 13.1 Å². The molecule has 1 aliphatic heterocycles. The van der Waals surface area contributed by atoms with Gasteiger partial charge < -0.3 is 9.47 Å². The highest BCUT2D eigenvalue weighted by atomic mass is 16.2. The van der Waals surface area contributed by atoms with Gasteiger partial charge in [-0.25, -0.2) is 4.98 Å². The zero-order chi connectivity index (χ0) is 15.4. The van der Waals surface area contributed by atoms with Crippen LogP contribution in [0.1, 0.15) is 28.8 Å². The number of amides is 1. The summed E-state index contributed by atoms with van der Waals surface area (Å²) in [6, 6.07) is 9.13. The second-order valence-electron chi connectivity index (χ2n) is 5.68. The minimum atomic E-state index is -0.0347. The van der Waals surface area contributed by atoms with Crippen molar-refractivity contribution in [3.05, 3.63) is 54.1 Å². The van der Waals surface area contributed by atoms with E-state index in [0.29, 0.717) is 17.0 Å². The quantitative estimate of drug-likeness (QED) is 0.872. The van der Waals surface area contributed by atoms with Crippen LogP contribution in [0.2, 0.25) is 0 Å². The number of carbonyl (C=O) groups is 1.